The SMILES string of the molecule is Cc1ccc(-c2cc(Cl)nc(N(C)C)c2)o1. The lowest BCUT2D eigenvalue weighted by Gasteiger charge is -2.12. The van der Waals surface area contributed by atoms with Gasteiger partial charge in [-0.2, -0.15) is 0 Å². The topological polar surface area (TPSA) is 29.3 Å². The van der Waals surface area contributed by atoms with Crippen LogP contribution in [-0.4, -0.2) is 19.1 Å². The number of hydrogen-bond acceptors (Lipinski definition) is 3. The van der Waals surface area contributed by atoms with Gasteiger partial charge in [0.05, 0.1) is 0 Å². The first-order valence-corrected chi connectivity index (χ1v) is 5.36. The Morgan fingerprint density at radius 2 is 2.00 bits per heavy atom. The van der Waals surface area contributed by atoms with E-state index >= 15 is 0 Å². The molecular weight excluding hydrogens is 224 g/mol. The first-order valence-electron chi connectivity index (χ1n) is 4.98. The van der Waals surface area contributed by atoms with Crippen molar-refractivity contribution in [3.05, 3.63) is 35.2 Å². The van der Waals surface area contributed by atoms with Gasteiger partial charge in [-0.15, -0.1) is 0 Å². The summed E-state index contributed by atoms with van der Waals surface area (Å²) in [6.45, 7) is 1.92. The molecule has 0 N–H and O–H groups in total. The smallest absolute Gasteiger partial charge is 0.134 e. The lowest BCUT2D eigenvalue weighted by atomic mass is 10.2. The Morgan fingerprint density at radius 1 is 1.25 bits per heavy atom. The number of nitrogens with zero attached hydrogens (tertiary/aromatic N) is 2. The van der Waals surface area contributed by atoms with Crippen molar-refractivity contribution in [1.82, 2.24) is 4.98 Å². The molecule has 0 aliphatic rings. The molecule has 16 heavy (non-hydrogen) atoms. The van der Waals surface area contributed by atoms with E-state index in [0.717, 1.165) is 22.9 Å². The predicted octanol–water partition coefficient (Wildman–Crippen LogP) is 3.37. The van der Waals surface area contributed by atoms with Gasteiger partial charge in [0, 0.05) is 19.7 Å². The number of rotatable bonds is 2. The van der Waals surface area contributed by atoms with E-state index in [1.807, 2.05) is 44.1 Å². The maximum atomic E-state index is 5.97. The lowest BCUT2D eigenvalue weighted by Crippen LogP contribution is -2.10. The van der Waals surface area contributed by atoms with Gasteiger partial charge in [-0.1, -0.05) is 11.6 Å². The van der Waals surface area contributed by atoms with Crippen molar-refractivity contribution in [3.8, 4) is 11.3 Å². The van der Waals surface area contributed by atoms with Crippen LogP contribution in [0.2, 0.25) is 5.15 Å². The average Bonchev–Trinajstić information content (AvgIpc) is 2.64. The fraction of sp³-hybridized carbons (Fsp3) is 0.250. The highest BCUT2D eigenvalue weighted by atomic mass is 35.5. The first kappa shape index (κ1) is 11.0. The van der Waals surface area contributed by atoms with Crippen LogP contribution >= 0.6 is 11.6 Å². The van der Waals surface area contributed by atoms with E-state index in [2.05, 4.69) is 4.98 Å². The molecule has 0 spiro atoms. The maximum absolute atomic E-state index is 5.97. The van der Waals surface area contributed by atoms with Crippen LogP contribution in [0.1, 0.15) is 5.76 Å². The molecule has 0 radical (unpaired) electrons. The molecule has 0 saturated heterocycles. The predicted molar refractivity (Wildman–Crippen MR) is 66.0 cm³/mol. The first-order chi connectivity index (χ1) is 7.56. The number of aromatic nitrogens is 1. The van der Waals surface area contributed by atoms with E-state index in [0.29, 0.717) is 5.15 Å². The van der Waals surface area contributed by atoms with Crippen LogP contribution in [0.4, 0.5) is 5.82 Å². The van der Waals surface area contributed by atoms with Crippen LogP contribution in [0.5, 0.6) is 0 Å². The fourth-order valence-electron chi connectivity index (χ4n) is 1.44. The average molecular weight is 237 g/mol. The molecule has 2 aromatic rings. The highest BCUT2D eigenvalue weighted by molar-refractivity contribution is 6.29. The van der Waals surface area contributed by atoms with Crippen LogP contribution in [0.25, 0.3) is 11.3 Å². The van der Waals surface area contributed by atoms with Gasteiger partial charge >= 0.3 is 0 Å². The Kier molecular flexibility index (Phi) is 2.88. The second-order valence-corrected chi connectivity index (χ2v) is 4.23. The highest BCUT2D eigenvalue weighted by Gasteiger charge is 2.07. The zero-order valence-corrected chi connectivity index (χ0v) is 10.2. The van der Waals surface area contributed by atoms with Crippen molar-refractivity contribution >= 4 is 17.4 Å². The number of furan rings is 1. The van der Waals surface area contributed by atoms with E-state index < -0.39 is 0 Å². The lowest BCUT2D eigenvalue weighted by molar-refractivity contribution is 0.548. The molecule has 0 fully saturated rings. The molecule has 0 aliphatic heterocycles. The summed E-state index contributed by atoms with van der Waals surface area (Å²) in [4.78, 5) is 6.12. The Labute approximate surface area is 99.7 Å². The summed E-state index contributed by atoms with van der Waals surface area (Å²) in [5.74, 6) is 2.51. The van der Waals surface area contributed by atoms with Crippen LogP contribution in [0.15, 0.2) is 28.7 Å². The summed E-state index contributed by atoms with van der Waals surface area (Å²) >= 11 is 5.97. The van der Waals surface area contributed by atoms with Gasteiger partial charge in [-0.25, -0.2) is 4.98 Å². The Balaban J connectivity index is 2.49. The van der Waals surface area contributed by atoms with Crippen molar-refractivity contribution in [1.29, 1.82) is 0 Å². The van der Waals surface area contributed by atoms with E-state index in [1.54, 1.807) is 6.07 Å². The number of hydrogen-bond donors (Lipinski definition) is 0. The second kappa shape index (κ2) is 4.18. The van der Waals surface area contributed by atoms with Crippen LogP contribution in [-0.2, 0) is 0 Å². The standard InChI is InChI=1S/C12H13ClN2O/c1-8-4-5-10(16-8)9-6-11(13)14-12(7-9)15(2)3/h4-7H,1-3H3. The van der Waals surface area contributed by atoms with Crippen LogP contribution in [0, 0.1) is 6.92 Å². The summed E-state index contributed by atoms with van der Waals surface area (Å²) in [7, 11) is 3.85. The molecule has 0 atom stereocenters. The normalized spacial score (nSPS) is 10.5. The minimum absolute atomic E-state index is 0.468. The van der Waals surface area contributed by atoms with E-state index in [1.165, 1.54) is 0 Å². The molecule has 2 heterocycles. The summed E-state index contributed by atoms with van der Waals surface area (Å²) in [5, 5.41) is 0.468. The quantitative estimate of drug-likeness (QED) is 0.749. The summed E-state index contributed by atoms with van der Waals surface area (Å²) in [6.07, 6.45) is 0. The minimum atomic E-state index is 0.468. The van der Waals surface area contributed by atoms with Crippen molar-refractivity contribution < 1.29 is 4.42 Å². The molecule has 0 aromatic carbocycles. The van der Waals surface area contributed by atoms with Gasteiger partial charge < -0.3 is 9.32 Å². The third-order valence-electron chi connectivity index (χ3n) is 2.26. The molecule has 2 rings (SSSR count). The Bertz CT molecular complexity index is 505. The van der Waals surface area contributed by atoms with Gasteiger partial charge in [-0.05, 0) is 31.2 Å². The molecule has 4 heteroatoms. The third-order valence-corrected chi connectivity index (χ3v) is 2.46. The van der Waals surface area contributed by atoms with Crippen molar-refractivity contribution in [2.45, 2.75) is 6.92 Å². The molecule has 2 aromatic heterocycles. The number of pyridine rings is 1. The third kappa shape index (κ3) is 2.19. The highest BCUT2D eigenvalue weighted by Crippen LogP contribution is 2.27. The Hall–Kier alpha value is -1.48. The van der Waals surface area contributed by atoms with E-state index in [4.69, 9.17) is 16.0 Å². The molecule has 0 saturated carbocycles. The number of aryl methyl sites for hydroxylation is 1. The van der Waals surface area contributed by atoms with Crippen molar-refractivity contribution in [2.75, 3.05) is 19.0 Å². The molecule has 0 amide bonds. The minimum Gasteiger partial charge on any atom is -0.461 e. The van der Waals surface area contributed by atoms with Crippen LogP contribution in [0.3, 0.4) is 0 Å². The maximum Gasteiger partial charge on any atom is 0.134 e. The van der Waals surface area contributed by atoms with Crippen molar-refractivity contribution in [3.63, 3.8) is 0 Å². The second-order valence-electron chi connectivity index (χ2n) is 3.84. The molecule has 0 unspecified atom stereocenters. The van der Waals surface area contributed by atoms with E-state index in [-0.39, 0.29) is 0 Å². The molecule has 84 valence electrons. The summed E-state index contributed by atoms with van der Waals surface area (Å²) in [5.41, 5.74) is 0.941. The zero-order chi connectivity index (χ0) is 11.7. The zero-order valence-electron chi connectivity index (χ0n) is 9.49. The van der Waals surface area contributed by atoms with Gasteiger partial charge in [0.2, 0.25) is 0 Å². The summed E-state index contributed by atoms with van der Waals surface area (Å²) < 4.78 is 5.55. The fourth-order valence-corrected chi connectivity index (χ4v) is 1.65. The van der Waals surface area contributed by atoms with Crippen molar-refractivity contribution in [2.24, 2.45) is 0 Å². The van der Waals surface area contributed by atoms with E-state index in [9.17, 15) is 0 Å². The summed E-state index contributed by atoms with van der Waals surface area (Å²) in [6, 6.07) is 7.61. The van der Waals surface area contributed by atoms with Gasteiger partial charge in [0.15, 0.2) is 0 Å². The molecular formula is C12H13ClN2O. The number of halogens is 1. The largest absolute Gasteiger partial charge is 0.461 e. The number of anilines is 1. The van der Waals surface area contributed by atoms with Gasteiger partial charge in [0.1, 0.15) is 22.5 Å². The molecule has 0 aliphatic carbocycles. The monoisotopic (exact) mass is 236 g/mol. The van der Waals surface area contributed by atoms with Gasteiger partial charge in [-0.3, -0.25) is 0 Å². The Morgan fingerprint density at radius 3 is 2.56 bits per heavy atom. The van der Waals surface area contributed by atoms with Gasteiger partial charge in [0.25, 0.3) is 0 Å². The van der Waals surface area contributed by atoms with Crippen LogP contribution < -0.4 is 4.90 Å². The molecule has 0 bridgehead atoms. The molecule has 3 nitrogen and oxygen atoms in total.